The summed E-state index contributed by atoms with van der Waals surface area (Å²) < 4.78 is 0. The highest BCUT2D eigenvalue weighted by Gasteiger charge is 2.14. The zero-order valence-electron chi connectivity index (χ0n) is 8.97. The summed E-state index contributed by atoms with van der Waals surface area (Å²) in [5.41, 5.74) is 7.08. The highest BCUT2D eigenvalue weighted by atomic mass is 16.1. The van der Waals surface area contributed by atoms with Crippen LogP contribution in [0.2, 0.25) is 0 Å². The lowest BCUT2D eigenvalue weighted by atomic mass is 10.1. The Kier molecular flexibility index (Phi) is 4.10. The quantitative estimate of drug-likeness (QED) is 0.611. The first-order valence-electron chi connectivity index (χ1n) is 5.00. The van der Waals surface area contributed by atoms with Crippen molar-refractivity contribution in [2.24, 2.45) is 5.73 Å². The molecule has 0 atom stereocenters. The number of nitrogens with two attached hydrogens (primary N) is 1. The summed E-state index contributed by atoms with van der Waals surface area (Å²) in [6.07, 6.45) is 0. The topological polar surface area (TPSA) is 58.4 Å². The maximum Gasteiger partial charge on any atom is 0.158 e. The normalized spacial score (nSPS) is 20.4. The molecule has 3 N–H and O–H groups in total. The van der Waals surface area contributed by atoms with Gasteiger partial charge in [0.25, 0.3) is 0 Å². The van der Waals surface area contributed by atoms with Crippen molar-refractivity contribution in [1.29, 1.82) is 0 Å². The Labute approximate surface area is 85.1 Å². The third kappa shape index (κ3) is 3.12. The van der Waals surface area contributed by atoms with Crippen LogP contribution in [-0.2, 0) is 4.79 Å². The number of carbonyl (C=O) groups is 1. The summed E-state index contributed by atoms with van der Waals surface area (Å²) in [5.74, 6) is 0.0866. The second kappa shape index (κ2) is 5.12. The number of hydrogen-bond acceptors (Lipinski definition) is 4. The molecule has 4 heteroatoms. The highest BCUT2D eigenvalue weighted by molar-refractivity contribution is 5.94. The second-order valence-corrected chi connectivity index (χ2v) is 3.74. The van der Waals surface area contributed by atoms with Crippen molar-refractivity contribution in [3.8, 4) is 0 Å². The van der Waals surface area contributed by atoms with E-state index in [1.54, 1.807) is 13.8 Å². The van der Waals surface area contributed by atoms with Gasteiger partial charge in [0.05, 0.1) is 0 Å². The van der Waals surface area contributed by atoms with E-state index in [9.17, 15) is 4.79 Å². The van der Waals surface area contributed by atoms with Gasteiger partial charge in [-0.1, -0.05) is 0 Å². The van der Waals surface area contributed by atoms with Crippen LogP contribution in [0.25, 0.3) is 0 Å². The predicted molar refractivity (Wildman–Crippen MR) is 56.9 cm³/mol. The molecule has 1 aliphatic rings. The van der Waals surface area contributed by atoms with Crippen LogP contribution in [0.1, 0.15) is 13.8 Å². The number of ketones is 1. The monoisotopic (exact) mass is 197 g/mol. The van der Waals surface area contributed by atoms with E-state index in [0.717, 1.165) is 31.8 Å². The minimum Gasteiger partial charge on any atom is -0.402 e. The molecular formula is C10H19N3O. The Bertz CT molecular complexity index is 238. The van der Waals surface area contributed by atoms with E-state index in [4.69, 9.17) is 5.73 Å². The van der Waals surface area contributed by atoms with Gasteiger partial charge in [-0.2, -0.15) is 0 Å². The lowest BCUT2D eigenvalue weighted by molar-refractivity contribution is -0.113. The summed E-state index contributed by atoms with van der Waals surface area (Å²) in [6, 6.07) is 0. The molecule has 1 saturated heterocycles. The molecule has 80 valence electrons. The molecule has 0 aromatic rings. The first kappa shape index (κ1) is 11.2. The fourth-order valence-electron chi connectivity index (χ4n) is 1.61. The van der Waals surface area contributed by atoms with Crippen molar-refractivity contribution < 1.29 is 4.79 Å². The zero-order chi connectivity index (χ0) is 10.6. The van der Waals surface area contributed by atoms with Crippen LogP contribution in [0, 0.1) is 0 Å². The highest BCUT2D eigenvalue weighted by Crippen LogP contribution is 2.05. The lowest BCUT2D eigenvalue weighted by Gasteiger charge is -2.27. The molecule has 1 fully saturated rings. The van der Waals surface area contributed by atoms with E-state index in [1.165, 1.54) is 0 Å². The number of allylic oxidation sites excluding steroid dienone is 1. The maximum atomic E-state index is 11.3. The van der Waals surface area contributed by atoms with Crippen molar-refractivity contribution in [3.05, 3.63) is 11.3 Å². The molecule has 0 saturated carbocycles. The summed E-state index contributed by atoms with van der Waals surface area (Å²) in [4.78, 5) is 13.5. The molecule has 14 heavy (non-hydrogen) atoms. The molecule has 0 amide bonds. The standard InChI is InChI=1S/C10H19N3O/c1-8(11)10(9(2)14)7-13-5-3-12-4-6-13/h12H,3-7,11H2,1-2H3/b10-8-. The molecule has 0 radical (unpaired) electrons. The smallest absolute Gasteiger partial charge is 0.158 e. The number of piperazine rings is 1. The molecule has 0 aromatic carbocycles. The van der Waals surface area contributed by atoms with E-state index in [1.807, 2.05) is 0 Å². The first-order chi connectivity index (χ1) is 6.61. The predicted octanol–water partition coefficient (Wildman–Crippen LogP) is -0.287. The van der Waals surface area contributed by atoms with Gasteiger partial charge in [0, 0.05) is 44.0 Å². The van der Waals surface area contributed by atoms with Gasteiger partial charge in [0.1, 0.15) is 0 Å². The fourth-order valence-corrected chi connectivity index (χ4v) is 1.61. The SMILES string of the molecule is CC(=O)/C(CN1CCNCC1)=C(/C)N. The number of nitrogens with one attached hydrogen (secondary N) is 1. The van der Waals surface area contributed by atoms with E-state index >= 15 is 0 Å². The first-order valence-corrected chi connectivity index (χ1v) is 5.00. The third-order valence-corrected chi connectivity index (χ3v) is 2.49. The second-order valence-electron chi connectivity index (χ2n) is 3.74. The van der Waals surface area contributed by atoms with Crippen molar-refractivity contribution in [2.75, 3.05) is 32.7 Å². The van der Waals surface area contributed by atoms with Gasteiger partial charge >= 0.3 is 0 Å². The molecule has 1 heterocycles. The van der Waals surface area contributed by atoms with E-state index in [-0.39, 0.29) is 5.78 Å². The fraction of sp³-hybridized carbons (Fsp3) is 0.700. The molecule has 1 aliphatic heterocycles. The summed E-state index contributed by atoms with van der Waals surface area (Å²) >= 11 is 0. The molecule has 0 bridgehead atoms. The van der Waals surface area contributed by atoms with E-state index in [0.29, 0.717) is 12.2 Å². The molecule has 4 nitrogen and oxygen atoms in total. The molecule has 1 rings (SSSR count). The van der Waals surface area contributed by atoms with E-state index < -0.39 is 0 Å². The third-order valence-electron chi connectivity index (χ3n) is 2.49. The summed E-state index contributed by atoms with van der Waals surface area (Å²) in [6.45, 7) is 8.03. The molecule has 0 unspecified atom stereocenters. The molecular weight excluding hydrogens is 178 g/mol. The molecule has 0 aliphatic carbocycles. The Morgan fingerprint density at radius 2 is 1.93 bits per heavy atom. The van der Waals surface area contributed by atoms with Crippen LogP contribution in [0.5, 0.6) is 0 Å². The zero-order valence-corrected chi connectivity index (χ0v) is 8.97. The average Bonchev–Trinajstić information content (AvgIpc) is 2.15. The number of Topliss-reactive ketones (excluding diaryl/α,β-unsaturated/α-hetero) is 1. The Balaban J connectivity index is 2.55. The van der Waals surface area contributed by atoms with Gasteiger partial charge in [0.2, 0.25) is 0 Å². The molecule has 0 aromatic heterocycles. The average molecular weight is 197 g/mol. The minimum absolute atomic E-state index is 0.0866. The summed E-state index contributed by atoms with van der Waals surface area (Å²) in [7, 11) is 0. The van der Waals surface area contributed by atoms with Gasteiger partial charge in [-0.25, -0.2) is 0 Å². The van der Waals surface area contributed by atoms with Crippen molar-refractivity contribution in [2.45, 2.75) is 13.8 Å². The Morgan fingerprint density at radius 1 is 1.36 bits per heavy atom. The minimum atomic E-state index is 0.0866. The van der Waals surface area contributed by atoms with Crippen LogP contribution < -0.4 is 11.1 Å². The van der Waals surface area contributed by atoms with Crippen LogP contribution in [0.15, 0.2) is 11.3 Å². The van der Waals surface area contributed by atoms with Crippen LogP contribution in [0.4, 0.5) is 0 Å². The van der Waals surface area contributed by atoms with Crippen molar-refractivity contribution >= 4 is 5.78 Å². The number of hydrogen-bond donors (Lipinski definition) is 2. The summed E-state index contributed by atoms with van der Waals surface area (Å²) in [5, 5.41) is 3.27. The van der Waals surface area contributed by atoms with Crippen molar-refractivity contribution in [1.82, 2.24) is 10.2 Å². The number of carbonyl (C=O) groups excluding carboxylic acids is 1. The largest absolute Gasteiger partial charge is 0.402 e. The van der Waals surface area contributed by atoms with Crippen molar-refractivity contribution in [3.63, 3.8) is 0 Å². The Morgan fingerprint density at radius 3 is 2.36 bits per heavy atom. The van der Waals surface area contributed by atoms with Crippen LogP contribution in [0.3, 0.4) is 0 Å². The van der Waals surface area contributed by atoms with Gasteiger partial charge in [-0.3, -0.25) is 9.69 Å². The Hall–Kier alpha value is -0.870. The van der Waals surface area contributed by atoms with Gasteiger partial charge in [-0.15, -0.1) is 0 Å². The van der Waals surface area contributed by atoms with Gasteiger partial charge < -0.3 is 11.1 Å². The number of rotatable bonds is 3. The maximum absolute atomic E-state index is 11.3. The van der Waals surface area contributed by atoms with E-state index in [2.05, 4.69) is 10.2 Å². The molecule has 0 spiro atoms. The van der Waals surface area contributed by atoms with Gasteiger partial charge in [0.15, 0.2) is 5.78 Å². The van der Waals surface area contributed by atoms with Gasteiger partial charge in [-0.05, 0) is 13.8 Å². The van der Waals surface area contributed by atoms with Crippen LogP contribution in [-0.4, -0.2) is 43.4 Å². The number of nitrogens with zero attached hydrogens (tertiary/aromatic N) is 1. The lowest BCUT2D eigenvalue weighted by Crippen LogP contribution is -2.44. The van der Waals surface area contributed by atoms with Crippen LogP contribution >= 0.6 is 0 Å².